The number of thiophene rings is 1. The van der Waals surface area contributed by atoms with Gasteiger partial charge in [0.15, 0.2) is 0 Å². The molecule has 2 rings (SSSR count). The molecule has 18 heavy (non-hydrogen) atoms. The molecule has 0 amide bonds. The Hall–Kier alpha value is -0.910. The highest BCUT2D eigenvalue weighted by atomic mass is 32.1. The summed E-state index contributed by atoms with van der Waals surface area (Å²) in [6.07, 6.45) is 0.770. The summed E-state index contributed by atoms with van der Waals surface area (Å²) in [7, 11) is 1.46. The summed E-state index contributed by atoms with van der Waals surface area (Å²) in [5.41, 5.74) is -0.552. The van der Waals surface area contributed by atoms with Crippen molar-refractivity contribution in [2.75, 3.05) is 20.2 Å². The summed E-state index contributed by atoms with van der Waals surface area (Å²) in [5, 5.41) is 8.80. The third-order valence-electron chi connectivity index (χ3n) is 3.70. The number of hydrogen-bond donors (Lipinski definition) is 2. The maximum atomic E-state index is 12.1. The van der Waals surface area contributed by atoms with Crippen LogP contribution in [0.4, 0.5) is 0 Å². The molecule has 5 heteroatoms. The Bertz CT molecular complexity index is 394. The Labute approximate surface area is 112 Å². The molecular weight excluding hydrogens is 248 g/mol. The van der Waals surface area contributed by atoms with Crippen LogP contribution in [0, 0.1) is 5.92 Å². The van der Waals surface area contributed by atoms with Crippen LogP contribution in [-0.4, -0.2) is 31.7 Å². The molecule has 2 heterocycles. The molecule has 100 valence electrons. The van der Waals surface area contributed by atoms with Crippen LogP contribution in [-0.2, 0) is 16.1 Å². The van der Waals surface area contributed by atoms with Gasteiger partial charge in [0.05, 0.1) is 7.11 Å². The third kappa shape index (κ3) is 2.58. The van der Waals surface area contributed by atoms with E-state index in [1.807, 2.05) is 11.4 Å². The fourth-order valence-corrected chi connectivity index (χ4v) is 3.15. The third-order valence-corrected chi connectivity index (χ3v) is 4.57. The lowest BCUT2D eigenvalue weighted by atomic mass is 9.79. The van der Waals surface area contributed by atoms with Gasteiger partial charge in [0, 0.05) is 18.0 Å². The van der Waals surface area contributed by atoms with E-state index in [1.54, 1.807) is 11.3 Å². The van der Waals surface area contributed by atoms with Crippen LogP contribution >= 0.6 is 11.3 Å². The number of methoxy groups -OCH3 is 1. The molecule has 1 aliphatic rings. The molecular formula is C13H20N2O2S. The first-order valence-corrected chi connectivity index (χ1v) is 7.13. The van der Waals surface area contributed by atoms with Gasteiger partial charge in [-0.15, -0.1) is 11.3 Å². The maximum Gasteiger partial charge on any atom is 0.326 e. The minimum Gasteiger partial charge on any atom is -0.468 e. The normalized spacial score (nSPS) is 28.0. The van der Waals surface area contributed by atoms with Crippen LogP contribution in [0.1, 0.15) is 18.2 Å². The second-order valence-corrected chi connectivity index (χ2v) is 5.78. The van der Waals surface area contributed by atoms with Gasteiger partial charge in [0.25, 0.3) is 0 Å². The zero-order valence-corrected chi connectivity index (χ0v) is 11.7. The first-order valence-electron chi connectivity index (χ1n) is 6.25. The summed E-state index contributed by atoms with van der Waals surface area (Å²) in [6.45, 7) is 4.49. The van der Waals surface area contributed by atoms with Crippen molar-refractivity contribution in [3.63, 3.8) is 0 Å². The monoisotopic (exact) mass is 268 g/mol. The number of carbonyl (C=O) groups is 1. The van der Waals surface area contributed by atoms with Gasteiger partial charge in [-0.2, -0.15) is 0 Å². The van der Waals surface area contributed by atoms with Crippen molar-refractivity contribution in [2.45, 2.75) is 25.4 Å². The molecule has 0 radical (unpaired) electrons. The number of carbonyl (C=O) groups excluding carboxylic acids is 1. The molecule has 1 fully saturated rings. The van der Waals surface area contributed by atoms with Gasteiger partial charge >= 0.3 is 5.97 Å². The van der Waals surface area contributed by atoms with Crippen LogP contribution in [0.3, 0.4) is 0 Å². The van der Waals surface area contributed by atoms with E-state index in [9.17, 15) is 4.79 Å². The molecule has 4 nitrogen and oxygen atoms in total. The summed E-state index contributed by atoms with van der Waals surface area (Å²) in [5.74, 6) is 0.0757. The second-order valence-electron chi connectivity index (χ2n) is 4.75. The Kier molecular flexibility index (Phi) is 4.37. The van der Waals surface area contributed by atoms with Crippen molar-refractivity contribution in [2.24, 2.45) is 5.92 Å². The number of ether oxygens (including phenoxy) is 1. The van der Waals surface area contributed by atoms with Crippen molar-refractivity contribution >= 4 is 17.3 Å². The van der Waals surface area contributed by atoms with E-state index in [0.29, 0.717) is 0 Å². The molecule has 0 aliphatic carbocycles. The first-order chi connectivity index (χ1) is 8.69. The van der Waals surface area contributed by atoms with Crippen molar-refractivity contribution in [1.29, 1.82) is 0 Å². The van der Waals surface area contributed by atoms with Crippen molar-refractivity contribution in [3.8, 4) is 0 Å². The molecule has 1 aliphatic heterocycles. The van der Waals surface area contributed by atoms with Crippen LogP contribution in [0.15, 0.2) is 17.5 Å². The first kappa shape index (κ1) is 13.5. The minimum absolute atomic E-state index is 0.145. The minimum atomic E-state index is -0.552. The van der Waals surface area contributed by atoms with Gasteiger partial charge in [-0.05, 0) is 30.3 Å². The standard InChI is InChI=1S/C13H20N2O2S/c1-10-8-14-6-5-13(10,12(16)17-2)15-9-11-4-3-7-18-11/h3-4,7,10,14-15H,5-6,8-9H2,1-2H3. The van der Waals surface area contributed by atoms with E-state index in [2.05, 4.69) is 23.6 Å². The lowest BCUT2D eigenvalue weighted by Gasteiger charge is -2.41. The Morgan fingerprint density at radius 3 is 3.17 bits per heavy atom. The summed E-state index contributed by atoms with van der Waals surface area (Å²) < 4.78 is 5.01. The topological polar surface area (TPSA) is 50.4 Å². The van der Waals surface area contributed by atoms with Gasteiger partial charge in [-0.25, -0.2) is 0 Å². The molecule has 2 unspecified atom stereocenters. The lowest BCUT2D eigenvalue weighted by Crippen LogP contribution is -2.62. The average Bonchev–Trinajstić information content (AvgIpc) is 2.90. The molecule has 1 saturated heterocycles. The molecule has 0 spiro atoms. The highest BCUT2D eigenvalue weighted by Gasteiger charge is 2.45. The SMILES string of the molecule is COC(=O)C1(NCc2cccs2)CCNCC1C. The van der Waals surface area contributed by atoms with Crippen molar-refractivity contribution < 1.29 is 9.53 Å². The molecule has 0 bridgehead atoms. The zero-order valence-electron chi connectivity index (χ0n) is 10.9. The summed E-state index contributed by atoms with van der Waals surface area (Å²) in [6, 6.07) is 4.10. The van der Waals surface area contributed by atoms with Gasteiger partial charge in [-0.3, -0.25) is 10.1 Å². The van der Waals surface area contributed by atoms with E-state index >= 15 is 0 Å². The van der Waals surface area contributed by atoms with Crippen LogP contribution < -0.4 is 10.6 Å². The summed E-state index contributed by atoms with van der Waals surface area (Å²) in [4.78, 5) is 13.4. The van der Waals surface area contributed by atoms with Gasteiger partial charge in [0.2, 0.25) is 0 Å². The predicted octanol–water partition coefficient (Wildman–Crippen LogP) is 1.38. The Balaban J connectivity index is 2.11. The van der Waals surface area contributed by atoms with E-state index < -0.39 is 5.54 Å². The number of hydrogen-bond acceptors (Lipinski definition) is 5. The maximum absolute atomic E-state index is 12.1. The second kappa shape index (κ2) is 5.82. The van der Waals surface area contributed by atoms with E-state index in [4.69, 9.17) is 4.74 Å². The molecule has 1 aromatic rings. The quantitative estimate of drug-likeness (QED) is 0.810. The Morgan fingerprint density at radius 1 is 1.72 bits per heavy atom. The van der Waals surface area contributed by atoms with Gasteiger partial charge < -0.3 is 10.1 Å². The van der Waals surface area contributed by atoms with Crippen molar-refractivity contribution in [1.82, 2.24) is 10.6 Å². The smallest absolute Gasteiger partial charge is 0.326 e. The molecule has 1 aromatic heterocycles. The van der Waals surface area contributed by atoms with E-state index in [0.717, 1.165) is 26.1 Å². The Morgan fingerprint density at radius 2 is 2.56 bits per heavy atom. The number of rotatable bonds is 4. The molecule has 0 aromatic carbocycles. The number of esters is 1. The fraction of sp³-hybridized carbons (Fsp3) is 0.615. The van der Waals surface area contributed by atoms with Crippen LogP contribution in [0.25, 0.3) is 0 Å². The van der Waals surface area contributed by atoms with Gasteiger partial charge in [0.1, 0.15) is 5.54 Å². The number of piperidine rings is 1. The highest BCUT2D eigenvalue weighted by molar-refractivity contribution is 7.09. The van der Waals surface area contributed by atoms with E-state index in [-0.39, 0.29) is 11.9 Å². The predicted molar refractivity (Wildman–Crippen MR) is 72.6 cm³/mol. The zero-order chi connectivity index (χ0) is 13.0. The average molecular weight is 268 g/mol. The summed E-state index contributed by atoms with van der Waals surface area (Å²) >= 11 is 1.70. The fourth-order valence-electron chi connectivity index (χ4n) is 2.50. The van der Waals surface area contributed by atoms with E-state index in [1.165, 1.54) is 12.0 Å². The molecule has 2 N–H and O–H groups in total. The molecule has 0 saturated carbocycles. The van der Waals surface area contributed by atoms with Crippen LogP contribution in [0.2, 0.25) is 0 Å². The lowest BCUT2D eigenvalue weighted by molar-refractivity contribution is -0.152. The van der Waals surface area contributed by atoms with Crippen molar-refractivity contribution in [3.05, 3.63) is 22.4 Å². The van der Waals surface area contributed by atoms with Crippen LogP contribution in [0.5, 0.6) is 0 Å². The molecule has 2 atom stereocenters. The number of nitrogens with one attached hydrogen (secondary N) is 2. The van der Waals surface area contributed by atoms with Gasteiger partial charge in [-0.1, -0.05) is 13.0 Å². The largest absolute Gasteiger partial charge is 0.468 e. The highest BCUT2D eigenvalue weighted by Crippen LogP contribution is 2.26.